The normalized spacial score (nSPS) is 13.0. The molecule has 1 aromatic rings. The first-order valence-electron chi connectivity index (χ1n) is 8.70. The van der Waals surface area contributed by atoms with Crippen LogP contribution in [-0.4, -0.2) is 32.6 Å². The fourth-order valence-electron chi connectivity index (χ4n) is 1.98. The lowest BCUT2D eigenvalue weighted by Crippen LogP contribution is -2.35. The van der Waals surface area contributed by atoms with E-state index < -0.39 is 8.07 Å². The molecule has 1 rings (SSSR count). The van der Waals surface area contributed by atoms with Crippen molar-refractivity contribution < 1.29 is 0 Å². The molecule has 0 radical (unpaired) electrons. The molecule has 0 aliphatic heterocycles. The lowest BCUT2D eigenvalue weighted by Gasteiger charge is -2.31. The van der Waals surface area contributed by atoms with Gasteiger partial charge in [-0.3, -0.25) is 4.90 Å². The van der Waals surface area contributed by atoms with Gasteiger partial charge in [0.25, 0.3) is 0 Å². The second-order valence-corrected chi connectivity index (χ2v) is 12.7. The summed E-state index contributed by atoms with van der Waals surface area (Å²) in [6, 6.07) is 10.5. The van der Waals surface area contributed by atoms with Crippen molar-refractivity contribution >= 4 is 14.1 Å². The van der Waals surface area contributed by atoms with Gasteiger partial charge in [0.15, 0.2) is 0 Å². The van der Waals surface area contributed by atoms with Crippen LogP contribution in [0.25, 0.3) is 6.08 Å². The molecular weight excluding hydrogens is 294 g/mol. The predicted octanol–water partition coefficient (Wildman–Crippen LogP) is 5.46. The zero-order valence-corrected chi connectivity index (χ0v) is 17.0. The van der Waals surface area contributed by atoms with Crippen molar-refractivity contribution in [2.75, 3.05) is 19.6 Å². The highest BCUT2D eigenvalue weighted by molar-refractivity contribution is 6.87. The van der Waals surface area contributed by atoms with Crippen LogP contribution in [-0.2, 0) is 0 Å². The molecule has 0 bridgehead atoms. The van der Waals surface area contributed by atoms with E-state index in [1.165, 1.54) is 11.1 Å². The smallest absolute Gasteiger partial charge is 0.138 e. The molecule has 0 amide bonds. The number of nitrogens with zero attached hydrogens (tertiary/aromatic N) is 1. The quantitative estimate of drug-likeness (QED) is 0.512. The van der Waals surface area contributed by atoms with Crippen LogP contribution in [0.5, 0.6) is 0 Å². The van der Waals surface area contributed by atoms with Crippen molar-refractivity contribution in [3.63, 3.8) is 0 Å². The minimum atomic E-state index is -1.58. The van der Waals surface area contributed by atoms with Gasteiger partial charge in [-0.2, -0.15) is 0 Å². The molecule has 0 heterocycles. The number of hydrogen-bond acceptors (Lipinski definition) is 1. The Morgan fingerprint density at radius 1 is 1.09 bits per heavy atom. The summed E-state index contributed by atoms with van der Waals surface area (Å²) < 4.78 is 0. The standard InChI is InChI=1S/C21H33NSi/c1-8-22(9-2)18-20(17-19-13-11-10-12-14-19)15-16-23(6,7)21(3,4)5/h10-14,17H,8-9,18H2,1-7H3/b20-17+. The molecule has 0 aliphatic carbocycles. The fraction of sp³-hybridized carbons (Fsp3) is 0.524. The summed E-state index contributed by atoms with van der Waals surface area (Å²) in [7, 11) is -1.58. The number of benzene rings is 1. The van der Waals surface area contributed by atoms with Gasteiger partial charge in [0.1, 0.15) is 8.07 Å². The van der Waals surface area contributed by atoms with Crippen LogP contribution in [0.3, 0.4) is 0 Å². The van der Waals surface area contributed by atoms with Gasteiger partial charge in [-0.25, -0.2) is 0 Å². The Kier molecular flexibility index (Phi) is 7.31. The summed E-state index contributed by atoms with van der Waals surface area (Å²) >= 11 is 0. The van der Waals surface area contributed by atoms with E-state index >= 15 is 0 Å². The van der Waals surface area contributed by atoms with E-state index in [2.05, 4.69) is 100 Å². The van der Waals surface area contributed by atoms with E-state index in [9.17, 15) is 0 Å². The monoisotopic (exact) mass is 327 g/mol. The third kappa shape index (κ3) is 6.37. The van der Waals surface area contributed by atoms with Gasteiger partial charge in [-0.05, 0) is 29.8 Å². The average Bonchev–Trinajstić information content (AvgIpc) is 2.50. The lowest BCUT2D eigenvalue weighted by atomic mass is 10.1. The summed E-state index contributed by atoms with van der Waals surface area (Å²) in [5.74, 6) is 3.55. The summed E-state index contributed by atoms with van der Waals surface area (Å²) in [5, 5.41) is 0.299. The van der Waals surface area contributed by atoms with Gasteiger partial charge in [0.05, 0.1) is 0 Å². The van der Waals surface area contributed by atoms with E-state index in [0.29, 0.717) is 5.04 Å². The molecule has 0 saturated carbocycles. The first kappa shape index (κ1) is 19.7. The molecule has 0 aliphatic rings. The highest BCUT2D eigenvalue weighted by atomic mass is 28.3. The van der Waals surface area contributed by atoms with Crippen LogP contribution in [0, 0.1) is 11.5 Å². The first-order chi connectivity index (χ1) is 10.7. The van der Waals surface area contributed by atoms with Gasteiger partial charge in [-0.15, -0.1) is 5.54 Å². The van der Waals surface area contributed by atoms with Crippen LogP contribution >= 0.6 is 0 Å². The van der Waals surface area contributed by atoms with E-state index in [0.717, 1.165) is 19.6 Å². The van der Waals surface area contributed by atoms with Gasteiger partial charge >= 0.3 is 0 Å². The maximum absolute atomic E-state index is 3.67. The fourth-order valence-corrected chi connectivity index (χ4v) is 2.83. The highest BCUT2D eigenvalue weighted by Crippen LogP contribution is 2.35. The minimum Gasteiger partial charge on any atom is -0.299 e. The Balaban J connectivity index is 3.14. The van der Waals surface area contributed by atoms with E-state index in [1.54, 1.807) is 0 Å². The Morgan fingerprint density at radius 3 is 2.13 bits per heavy atom. The van der Waals surface area contributed by atoms with Crippen molar-refractivity contribution in [1.29, 1.82) is 0 Å². The van der Waals surface area contributed by atoms with Crippen molar-refractivity contribution in [3.05, 3.63) is 41.5 Å². The molecule has 0 unspecified atom stereocenters. The van der Waals surface area contributed by atoms with Crippen molar-refractivity contribution in [3.8, 4) is 11.5 Å². The number of likely N-dealkylation sites (N-methyl/N-ethyl adjacent to an activating group) is 1. The maximum Gasteiger partial charge on any atom is 0.138 e. The topological polar surface area (TPSA) is 3.24 Å². The van der Waals surface area contributed by atoms with Gasteiger partial charge in [0, 0.05) is 12.1 Å². The van der Waals surface area contributed by atoms with Crippen LogP contribution in [0.4, 0.5) is 0 Å². The Labute approximate surface area is 144 Å². The Morgan fingerprint density at radius 2 is 1.65 bits per heavy atom. The minimum absolute atomic E-state index is 0.299. The van der Waals surface area contributed by atoms with Gasteiger partial charge in [0.2, 0.25) is 0 Å². The Hall–Kier alpha value is -1.30. The summed E-state index contributed by atoms with van der Waals surface area (Å²) in [6.07, 6.45) is 2.25. The third-order valence-corrected chi connectivity index (χ3v) is 9.34. The maximum atomic E-state index is 3.67. The SMILES string of the molecule is CCN(CC)C/C(C#C[Si](C)(C)C(C)(C)C)=C/c1ccccc1. The van der Waals surface area contributed by atoms with Crippen LogP contribution < -0.4 is 0 Å². The van der Waals surface area contributed by atoms with Crippen LogP contribution in [0.1, 0.15) is 40.2 Å². The molecule has 23 heavy (non-hydrogen) atoms. The van der Waals surface area contributed by atoms with E-state index in [4.69, 9.17) is 0 Å². The van der Waals surface area contributed by atoms with E-state index in [1.807, 2.05) is 0 Å². The van der Waals surface area contributed by atoms with Crippen molar-refractivity contribution in [1.82, 2.24) is 4.90 Å². The molecule has 126 valence electrons. The van der Waals surface area contributed by atoms with Crippen LogP contribution in [0.15, 0.2) is 35.9 Å². The zero-order valence-electron chi connectivity index (χ0n) is 16.0. The van der Waals surface area contributed by atoms with Crippen molar-refractivity contribution in [2.45, 2.75) is 52.8 Å². The molecule has 0 spiro atoms. The molecular formula is C21H33NSi. The molecule has 0 atom stereocenters. The van der Waals surface area contributed by atoms with E-state index in [-0.39, 0.29) is 0 Å². The summed E-state index contributed by atoms with van der Waals surface area (Å²) in [6.45, 7) is 19.2. The predicted molar refractivity (Wildman–Crippen MR) is 107 cm³/mol. The summed E-state index contributed by atoms with van der Waals surface area (Å²) in [5.41, 5.74) is 6.13. The molecule has 0 aromatic heterocycles. The van der Waals surface area contributed by atoms with Crippen molar-refractivity contribution in [2.24, 2.45) is 0 Å². The average molecular weight is 328 g/mol. The lowest BCUT2D eigenvalue weighted by molar-refractivity contribution is 0.333. The largest absolute Gasteiger partial charge is 0.299 e. The molecule has 0 N–H and O–H groups in total. The molecule has 0 fully saturated rings. The molecule has 0 saturated heterocycles. The first-order valence-corrected chi connectivity index (χ1v) is 11.7. The molecule has 1 nitrogen and oxygen atoms in total. The van der Waals surface area contributed by atoms with Crippen LogP contribution in [0.2, 0.25) is 18.1 Å². The zero-order chi connectivity index (χ0) is 17.5. The van der Waals surface area contributed by atoms with Gasteiger partial charge in [-0.1, -0.05) is 84.0 Å². The third-order valence-electron chi connectivity index (χ3n) is 4.84. The summed E-state index contributed by atoms with van der Waals surface area (Å²) in [4.78, 5) is 2.43. The highest BCUT2D eigenvalue weighted by Gasteiger charge is 2.33. The van der Waals surface area contributed by atoms with Gasteiger partial charge < -0.3 is 0 Å². The second-order valence-electron chi connectivity index (χ2n) is 7.67. The second kappa shape index (κ2) is 8.52. The Bertz CT molecular complexity index is 563. The number of hydrogen-bond donors (Lipinski definition) is 0. The molecule has 1 aromatic carbocycles. The number of rotatable bonds is 5. The molecule has 2 heteroatoms.